The molecule has 0 aromatic carbocycles. The van der Waals surface area contributed by atoms with Crippen molar-refractivity contribution in [1.82, 2.24) is 10.6 Å². The molecule has 2 amide bonds. The number of nitrogens with zero attached hydrogens (tertiary/aromatic N) is 3. The van der Waals surface area contributed by atoms with Gasteiger partial charge in [-0.1, -0.05) is 12.5 Å². The Labute approximate surface area is 211 Å². The van der Waals surface area contributed by atoms with Crippen LogP contribution in [0, 0.1) is 11.8 Å². The highest BCUT2D eigenvalue weighted by Crippen LogP contribution is 2.25. The SMILES string of the molecule is C.CC(C)(C)OC(=O)NC1CCC(CN=[N+]=[N-])CC1.CC(C)(C)OC(=O)NC1CCC(CO)CC1. The highest BCUT2D eigenvalue weighted by molar-refractivity contribution is 5.68. The Balaban J connectivity index is 0.000000646. The molecule has 35 heavy (non-hydrogen) atoms. The van der Waals surface area contributed by atoms with Crippen LogP contribution in [0.5, 0.6) is 0 Å². The van der Waals surface area contributed by atoms with Crippen molar-refractivity contribution < 1.29 is 24.2 Å². The average molecular weight is 500 g/mol. The lowest BCUT2D eigenvalue weighted by molar-refractivity contribution is 0.0472. The van der Waals surface area contributed by atoms with Crippen LogP contribution < -0.4 is 10.6 Å². The number of carbonyl (C=O) groups excluding carboxylic acids is 2. The van der Waals surface area contributed by atoms with Crippen molar-refractivity contribution in [2.45, 2.75) is 124 Å². The minimum atomic E-state index is -0.456. The van der Waals surface area contributed by atoms with Crippen molar-refractivity contribution in [1.29, 1.82) is 0 Å². The lowest BCUT2D eigenvalue weighted by Crippen LogP contribution is -2.41. The van der Waals surface area contributed by atoms with Gasteiger partial charge in [-0.2, -0.15) is 0 Å². The van der Waals surface area contributed by atoms with Crippen molar-refractivity contribution in [2.24, 2.45) is 17.0 Å². The molecule has 0 heterocycles. The summed E-state index contributed by atoms with van der Waals surface area (Å²) in [4.78, 5) is 25.8. The Morgan fingerprint density at radius 3 is 1.51 bits per heavy atom. The summed E-state index contributed by atoms with van der Waals surface area (Å²) in [5, 5.41) is 18.4. The molecular formula is C25H49N5O5. The first-order valence-electron chi connectivity index (χ1n) is 12.4. The zero-order chi connectivity index (χ0) is 25.8. The molecule has 2 fully saturated rings. The Morgan fingerprint density at radius 1 is 0.829 bits per heavy atom. The zero-order valence-corrected chi connectivity index (χ0v) is 21.8. The van der Waals surface area contributed by atoms with Crippen LogP contribution in [0.4, 0.5) is 9.59 Å². The number of rotatable bonds is 5. The van der Waals surface area contributed by atoms with E-state index in [1.54, 1.807) is 0 Å². The number of azide groups is 1. The number of ether oxygens (including phenoxy) is 2. The molecule has 0 aliphatic heterocycles. The van der Waals surface area contributed by atoms with Crippen molar-refractivity contribution >= 4 is 12.2 Å². The van der Waals surface area contributed by atoms with Gasteiger partial charge in [0, 0.05) is 30.1 Å². The van der Waals surface area contributed by atoms with E-state index < -0.39 is 11.2 Å². The lowest BCUT2D eigenvalue weighted by atomic mass is 9.86. The van der Waals surface area contributed by atoms with Crippen LogP contribution in [0.3, 0.4) is 0 Å². The molecule has 0 unspecified atom stereocenters. The molecule has 10 nitrogen and oxygen atoms in total. The van der Waals surface area contributed by atoms with Gasteiger partial charge in [0.25, 0.3) is 0 Å². The summed E-state index contributed by atoms with van der Waals surface area (Å²) in [5.41, 5.74) is 7.37. The summed E-state index contributed by atoms with van der Waals surface area (Å²) < 4.78 is 10.4. The van der Waals surface area contributed by atoms with Gasteiger partial charge in [-0.3, -0.25) is 0 Å². The summed E-state index contributed by atoms with van der Waals surface area (Å²) in [6.07, 6.45) is 6.97. The maximum absolute atomic E-state index is 11.6. The second-order valence-corrected chi connectivity index (χ2v) is 11.3. The van der Waals surface area contributed by atoms with Gasteiger partial charge >= 0.3 is 12.2 Å². The van der Waals surface area contributed by atoms with E-state index in [2.05, 4.69) is 20.7 Å². The Kier molecular flexibility index (Phi) is 14.7. The first-order chi connectivity index (χ1) is 15.8. The van der Waals surface area contributed by atoms with Gasteiger partial charge in [0.05, 0.1) is 0 Å². The van der Waals surface area contributed by atoms with E-state index in [4.69, 9.17) is 20.1 Å². The fraction of sp³-hybridized carbons (Fsp3) is 0.920. The largest absolute Gasteiger partial charge is 0.444 e. The van der Waals surface area contributed by atoms with E-state index in [1.807, 2.05) is 41.5 Å². The smallest absolute Gasteiger partial charge is 0.407 e. The lowest BCUT2D eigenvalue weighted by Gasteiger charge is -2.29. The molecule has 2 saturated carbocycles. The average Bonchev–Trinajstić information content (AvgIpc) is 2.71. The van der Waals surface area contributed by atoms with Crippen LogP contribution in [-0.2, 0) is 9.47 Å². The molecule has 3 N–H and O–H groups in total. The minimum absolute atomic E-state index is 0. The van der Waals surface area contributed by atoms with Crippen molar-refractivity contribution in [2.75, 3.05) is 13.2 Å². The molecule has 2 rings (SSSR count). The van der Waals surface area contributed by atoms with Crippen molar-refractivity contribution in [3.8, 4) is 0 Å². The first kappa shape index (κ1) is 32.8. The van der Waals surface area contributed by atoms with Gasteiger partial charge in [-0.15, -0.1) is 0 Å². The molecule has 2 aliphatic rings. The zero-order valence-electron chi connectivity index (χ0n) is 21.8. The van der Waals surface area contributed by atoms with Crippen molar-refractivity contribution in [3.05, 3.63) is 10.4 Å². The topological polar surface area (TPSA) is 146 Å². The molecule has 10 heteroatoms. The van der Waals surface area contributed by atoms with E-state index >= 15 is 0 Å². The van der Waals surface area contributed by atoms with E-state index in [9.17, 15) is 9.59 Å². The monoisotopic (exact) mass is 499 g/mol. The third-order valence-electron chi connectivity index (χ3n) is 5.80. The number of amides is 2. The number of nitrogens with one attached hydrogen (secondary N) is 2. The summed E-state index contributed by atoms with van der Waals surface area (Å²) >= 11 is 0. The summed E-state index contributed by atoms with van der Waals surface area (Å²) in [7, 11) is 0. The van der Waals surface area contributed by atoms with Crippen molar-refractivity contribution in [3.63, 3.8) is 0 Å². The Hall–Kier alpha value is -2.19. The van der Waals surface area contributed by atoms with E-state index in [-0.39, 0.29) is 38.3 Å². The highest BCUT2D eigenvalue weighted by Gasteiger charge is 2.25. The molecule has 0 spiro atoms. The maximum atomic E-state index is 11.6. The molecular weight excluding hydrogens is 450 g/mol. The van der Waals surface area contributed by atoms with Crippen LogP contribution in [0.25, 0.3) is 10.4 Å². The number of carbonyl (C=O) groups is 2. The molecule has 0 radical (unpaired) electrons. The fourth-order valence-corrected chi connectivity index (χ4v) is 4.08. The third kappa shape index (κ3) is 16.2. The van der Waals surface area contributed by atoms with Crippen LogP contribution in [0.1, 0.15) is 100 Å². The minimum Gasteiger partial charge on any atom is -0.444 e. The van der Waals surface area contributed by atoms with Crippen LogP contribution in [0.2, 0.25) is 0 Å². The fourth-order valence-electron chi connectivity index (χ4n) is 4.08. The molecule has 2 aliphatic carbocycles. The summed E-state index contributed by atoms with van der Waals surface area (Å²) in [6, 6.07) is 0.389. The maximum Gasteiger partial charge on any atom is 0.407 e. The van der Waals surface area contributed by atoms with Gasteiger partial charge in [0.2, 0.25) is 0 Å². The molecule has 0 atom stereocenters. The van der Waals surface area contributed by atoms with Gasteiger partial charge < -0.3 is 25.2 Å². The number of alkyl carbamates (subject to hydrolysis) is 2. The predicted octanol–water partition coefficient (Wildman–Crippen LogP) is 6.08. The van der Waals surface area contributed by atoms with E-state index in [0.29, 0.717) is 18.4 Å². The van der Waals surface area contributed by atoms with Crippen LogP contribution in [0.15, 0.2) is 5.11 Å². The number of aliphatic hydroxyl groups is 1. The van der Waals surface area contributed by atoms with Crippen LogP contribution >= 0.6 is 0 Å². The number of aliphatic hydroxyl groups excluding tert-OH is 1. The molecule has 204 valence electrons. The third-order valence-corrected chi connectivity index (χ3v) is 5.80. The normalized spacial score (nSPS) is 24.3. The molecule has 0 aromatic heterocycles. The molecule has 0 bridgehead atoms. The molecule has 0 aromatic rings. The Morgan fingerprint density at radius 2 is 1.20 bits per heavy atom. The van der Waals surface area contributed by atoms with E-state index in [0.717, 1.165) is 51.4 Å². The number of hydrogen-bond donors (Lipinski definition) is 3. The summed E-state index contributed by atoms with van der Waals surface area (Å²) in [6.45, 7) is 11.9. The summed E-state index contributed by atoms with van der Waals surface area (Å²) in [5.74, 6) is 0.870. The predicted molar refractivity (Wildman–Crippen MR) is 138 cm³/mol. The Bertz CT molecular complexity index is 667. The van der Waals surface area contributed by atoms with Gasteiger partial charge in [0.1, 0.15) is 11.2 Å². The van der Waals surface area contributed by atoms with E-state index in [1.165, 1.54) is 0 Å². The van der Waals surface area contributed by atoms with Gasteiger partial charge in [-0.25, -0.2) is 9.59 Å². The number of hydrogen-bond acceptors (Lipinski definition) is 6. The first-order valence-corrected chi connectivity index (χ1v) is 12.4. The molecule has 0 saturated heterocycles. The quantitative estimate of drug-likeness (QED) is 0.238. The van der Waals surface area contributed by atoms with Gasteiger partial charge in [0.15, 0.2) is 0 Å². The second kappa shape index (κ2) is 15.7. The van der Waals surface area contributed by atoms with Gasteiger partial charge in [-0.05, 0) is 110 Å². The highest BCUT2D eigenvalue weighted by atomic mass is 16.6. The second-order valence-electron chi connectivity index (χ2n) is 11.3. The standard InChI is InChI=1S/C12H22N4O2.C12H23NO3.CH4/c1-12(2,3)18-11(17)15-10-6-4-9(5-7-10)8-14-16-13;1-12(2,3)16-11(15)13-10-6-4-9(8-14)5-7-10;/h9-10H,4-8H2,1-3H3,(H,15,17);9-10,14H,4-8H2,1-3H3,(H,13,15);1H4. The van der Waals surface area contributed by atoms with Crippen LogP contribution in [-0.4, -0.2) is 53.7 Å².